The van der Waals surface area contributed by atoms with Gasteiger partial charge in [-0.25, -0.2) is 9.67 Å². The lowest BCUT2D eigenvalue weighted by Gasteiger charge is -2.02. The van der Waals surface area contributed by atoms with Gasteiger partial charge in [0.25, 0.3) is 0 Å². The van der Waals surface area contributed by atoms with E-state index in [4.69, 9.17) is 0 Å². The van der Waals surface area contributed by atoms with E-state index in [1.54, 1.807) is 6.20 Å². The van der Waals surface area contributed by atoms with Crippen LogP contribution in [0.2, 0.25) is 0 Å². The molecule has 0 bridgehead atoms. The van der Waals surface area contributed by atoms with Gasteiger partial charge in [-0.3, -0.25) is 0 Å². The zero-order valence-corrected chi connectivity index (χ0v) is 8.74. The molecule has 16 heavy (non-hydrogen) atoms. The molecule has 0 fully saturated rings. The Labute approximate surface area is 93.4 Å². The largest absolute Gasteiger partial charge is 0.243 e. The quantitative estimate of drug-likeness (QED) is 0.649. The van der Waals surface area contributed by atoms with Gasteiger partial charge in [-0.05, 0) is 17.7 Å². The zero-order valence-electron chi connectivity index (χ0n) is 8.74. The maximum Gasteiger partial charge on any atom is 0.158 e. The molecule has 0 saturated heterocycles. The second kappa shape index (κ2) is 3.77. The third kappa shape index (κ3) is 1.56. The van der Waals surface area contributed by atoms with Crippen LogP contribution < -0.4 is 0 Å². The Kier molecular flexibility index (Phi) is 2.14. The molecule has 0 aliphatic carbocycles. The third-order valence-corrected chi connectivity index (χ3v) is 2.57. The summed E-state index contributed by atoms with van der Waals surface area (Å²) in [5, 5.41) is 5.43. The lowest BCUT2D eigenvalue weighted by atomic mass is 10.2. The van der Waals surface area contributed by atoms with Crippen molar-refractivity contribution in [3.05, 3.63) is 60.4 Å². The summed E-state index contributed by atoms with van der Waals surface area (Å²) in [6.07, 6.45) is 3.65. The van der Waals surface area contributed by atoms with Crippen LogP contribution in [0.1, 0.15) is 5.56 Å². The number of nitrogens with zero attached hydrogens (tertiary/aromatic N) is 3. The highest BCUT2D eigenvalue weighted by Crippen LogP contribution is 2.11. The lowest BCUT2D eigenvalue weighted by molar-refractivity contribution is 0.704. The molecule has 0 aliphatic heterocycles. The van der Waals surface area contributed by atoms with Gasteiger partial charge in [0.15, 0.2) is 5.65 Å². The Morgan fingerprint density at radius 1 is 1.00 bits per heavy atom. The van der Waals surface area contributed by atoms with Crippen LogP contribution in [-0.4, -0.2) is 14.8 Å². The Bertz CT molecular complexity index is 599. The van der Waals surface area contributed by atoms with Crippen molar-refractivity contribution in [2.75, 3.05) is 0 Å². The molecule has 0 radical (unpaired) electrons. The van der Waals surface area contributed by atoms with Crippen molar-refractivity contribution in [1.29, 1.82) is 0 Å². The molecule has 3 rings (SSSR count). The van der Waals surface area contributed by atoms with Crippen LogP contribution in [0.3, 0.4) is 0 Å². The first-order chi connectivity index (χ1) is 7.93. The highest BCUT2D eigenvalue weighted by atomic mass is 15.3. The van der Waals surface area contributed by atoms with E-state index in [0.717, 1.165) is 17.6 Å². The molecule has 78 valence electrons. The summed E-state index contributed by atoms with van der Waals surface area (Å²) >= 11 is 0. The van der Waals surface area contributed by atoms with E-state index in [-0.39, 0.29) is 0 Å². The third-order valence-electron chi connectivity index (χ3n) is 2.57. The number of pyridine rings is 1. The lowest BCUT2D eigenvalue weighted by Crippen LogP contribution is -2.01. The molecule has 3 heteroatoms. The van der Waals surface area contributed by atoms with Crippen molar-refractivity contribution in [1.82, 2.24) is 14.8 Å². The molecule has 3 nitrogen and oxygen atoms in total. The van der Waals surface area contributed by atoms with Crippen molar-refractivity contribution in [3.8, 4) is 0 Å². The van der Waals surface area contributed by atoms with Crippen molar-refractivity contribution in [3.63, 3.8) is 0 Å². The van der Waals surface area contributed by atoms with Crippen LogP contribution in [-0.2, 0) is 6.54 Å². The number of fused-ring (bicyclic) bond motifs is 1. The van der Waals surface area contributed by atoms with Gasteiger partial charge in [0.2, 0.25) is 0 Å². The average Bonchev–Trinajstić information content (AvgIpc) is 2.74. The van der Waals surface area contributed by atoms with E-state index < -0.39 is 0 Å². The first-order valence-corrected chi connectivity index (χ1v) is 5.24. The molecule has 3 aromatic rings. The van der Waals surface area contributed by atoms with E-state index in [1.165, 1.54) is 5.56 Å². The van der Waals surface area contributed by atoms with E-state index in [2.05, 4.69) is 22.2 Å². The topological polar surface area (TPSA) is 30.7 Å². The molecule has 2 aromatic heterocycles. The summed E-state index contributed by atoms with van der Waals surface area (Å²) in [7, 11) is 0. The Balaban J connectivity index is 2.01. The van der Waals surface area contributed by atoms with Gasteiger partial charge in [-0.1, -0.05) is 30.3 Å². The van der Waals surface area contributed by atoms with Crippen molar-refractivity contribution < 1.29 is 0 Å². The van der Waals surface area contributed by atoms with Gasteiger partial charge in [-0.2, -0.15) is 5.10 Å². The van der Waals surface area contributed by atoms with Crippen molar-refractivity contribution in [2.24, 2.45) is 0 Å². The molecular formula is C13H11N3. The summed E-state index contributed by atoms with van der Waals surface area (Å²) in [4.78, 5) is 4.34. The molecule has 0 aliphatic rings. The fraction of sp³-hybridized carbons (Fsp3) is 0.0769. The monoisotopic (exact) mass is 209 g/mol. The highest BCUT2D eigenvalue weighted by molar-refractivity contribution is 5.73. The van der Waals surface area contributed by atoms with Crippen LogP contribution in [0.4, 0.5) is 0 Å². The molecule has 1 aromatic carbocycles. The zero-order chi connectivity index (χ0) is 10.8. The summed E-state index contributed by atoms with van der Waals surface area (Å²) < 4.78 is 1.92. The number of aromatic nitrogens is 3. The SMILES string of the molecule is c1ccc(Cn2ncc3cccnc32)cc1. The van der Waals surface area contributed by atoms with Crippen molar-refractivity contribution >= 4 is 11.0 Å². The van der Waals surface area contributed by atoms with Crippen molar-refractivity contribution in [2.45, 2.75) is 6.54 Å². The number of hydrogen-bond donors (Lipinski definition) is 0. The number of benzene rings is 1. The second-order valence-electron chi connectivity index (χ2n) is 3.70. The fourth-order valence-electron chi connectivity index (χ4n) is 1.78. The maximum atomic E-state index is 4.34. The summed E-state index contributed by atoms with van der Waals surface area (Å²) in [6, 6.07) is 14.2. The molecular weight excluding hydrogens is 198 g/mol. The molecule has 0 amide bonds. The minimum atomic E-state index is 0.765. The Morgan fingerprint density at radius 2 is 1.88 bits per heavy atom. The molecule has 0 saturated carbocycles. The average molecular weight is 209 g/mol. The fourth-order valence-corrected chi connectivity index (χ4v) is 1.78. The van der Waals surface area contributed by atoms with E-state index in [1.807, 2.05) is 41.2 Å². The summed E-state index contributed by atoms with van der Waals surface area (Å²) in [5.74, 6) is 0. The molecule has 0 spiro atoms. The predicted octanol–water partition coefficient (Wildman–Crippen LogP) is 2.48. The first-order valence-electron chi connectivity index (χ1n) is 5.24. The normalized spacial score (nSPS) is 10.8. The van der Waals surface area contributed by atoms with Crippen LogP contribution >= 0.6 is 0 Å². The predicted molar refractivity (Wildman–Crippen MR) is 63.1 cm³/mol. The van der Waals surface area contributed by atoms with Crippen LogP contribution in [0, 0.1) is 0 Å². The smallest absolute Gasteiger partial charge is 0.158 e. The standard InChI is InChI=1S/C13H11N3/c1-2-5-11(6-3-1)10-16-13-12(9-15-16)7-4-8-14-13/h1-9H,10H2. The number of hydrogen-bond acceptors (Lipinski definition) is 2. The summed E-state index contributed by atoms with van der Waals surface area (Å²) in [5.41, 5.74) is 2.17. The minimum Gasteiger partial charge on any atom is -0.243 e. The maximum absolute atomic E-state index is 4.34. The van der Waals surface area contributed by atoms with E-state index in [0.29, 0.717) is 0 Å². The van der Waals surface area contributed by atoms with E-state index >= 15 is 0 Å². The van der Waals surface area contributed by atoms with Gasteiger partial charge in [0.05, 0.1) is 12.7 Å². The first kappa shape index (κ1) is 9.09. The Morgan fingerprint density at radius 3 is 2.75 bits per heavy atom. The van der Waals surface area contributed by atoms with Crippen LogP contribution in [0.25, 0.3) is 11.0 Å². The highest BCUT2D eigenvalue weighted by Gasteiger charge is 2.02. The van der Waals surface area contributed by atoms with Gasteiger partial charge < -0.3 is 0 Å². The molecule has 0 N–H and O–H groups in total. The number of rotatable bonds is 2. The van der Waals surface area contributed by atoms with Gasteiger partial charge in [0, 0.05) is 11.6 Å². The Hall–Kier alpha value is -2.16. The molecule has 0 atom stereocenters. The molecule has 2 heterocycles. The summed E-state index contributed by atoms with van der Waals surface area (Å²) in [6.45, 7) is 0.765. The van der Waals surface area contributed by atoms with Gasteiger partial charge in [0.1, 0.15) is 0 Å². The van der Waals surface area contributed by atoms with Gasteiger partial charge in [-0.15, -0.1) is 0 Å². The minimum absolute atomic E-state index is 0.765. The second-order valence-corrected chi connectivity index (χ2v) is 3.70. The van der Waals surface area contributed by atoms with E-state index in [9.17, 15) is 0 Å². The van der Waals surface area contributed by atoms with Crippen LogP contribution in [0.5, 0.6) is 0 Å². The molecule has 0 unspecified atom stereocenters. The van der Waals surface area contributed by atoms with Crippen LogP contribution in [0.15, 0.2) is 54.9 Å². The van der Waals surface area contributed by atoms with Gasteiger partial charge >= 0.3 is 0 Å².